The second-order valence-electron chi connectivity index (χ2n) is 10.7. The van der Waals surface area contributed by atoms with E-state index in [4.69, 9.17) is 9.47 Å². The van der Waals surface area contributed by atoms with Crippen LogP contribution in [0.25, 0.3) is 0 Å². The number of thiazole rings is 1. The molecule has 0 bridgehead atoms. The highest BCUT2D eigenvalue weighted by molar-refractivity contribution is 7.93. The second-order valence-corrected chi connectivity index (χ2v) is 13.2. The number of ether oxygens (including phenoxy) is 2. The molecule has 1 unspecified atom stereocenters. The fourth-order valence-electron chi connectivity index (χ4n) is 3.63. The van der Waals surface area contributed by atoms with E-state index >= 15 is 4.39 Å². The third kappa shape index (κ3) is 6.89. The van der Waals surface area contributed by atoms with Gasteiger partial charge in [0.25, 0.3) is 10.0 Å². The van der Waals surface area contributed by atoms with Crippen LogP contribution in [0.3, 0.4) is 0 Å². The average molecular weight is 557 g/mol. The van der Waals surface area contributed by atoms with E-state index in [1.807, 2.05) is 0 Å². The Labute approximate surface area is 220 Å². The minimum atomic E-state index is -4.70. The summed E-state index contributed by atoms with van der Waals surface area (Å²) in [5, 5.41) is 4.55. The van der Waals surface area contributed by atoms with Crippen molar-refractivity contribution in [3.63, 3.8) is 0 Å². The third-order valence-corrected chi connectivity index (χ3v) is 7.52. The summed E-state index contributed by atoms with van der Waals surface area (Å²) in [6.45, 7) is 12.4. The topological polar surface area (TPSA) is 118 Å². The molecule has 3 rings (SSSR count). The van der Waals surface area contributed by atoms with Crippen molar-refractivity contribution in [1.29, 1.82) is 0 Å². The molecule has 1 saturated heterocycles. The van der Waals surface area contributed by atoms with Crippen LogP contribution in [-0.4, -0.2) is 60.8 Å². The molecule has 1 aliphatic heterocycles. The van der Waals surface area contributed by atoms with Crippen molar-refractivity contribution < 1.29 is 31.9 Å². The van der Waals surface area contributed by atoms with Crippen LogP contribution in [0.4, 0.5) is 25.5 Å². The molecule has 1 fully saturated rings. The van der Waals surface area contributed by atoms with Gasteiger partial charge in [-0.3, -0.25) is 0 Å². The predicted octanol–water partition coefficient (Wildman–Crippen LogP) is 5.14. The van der Waals surface area contributed by atoms with Gasteiger partial charge in [-0.1, -0.05) is 0 Å². The molecule has 0 saturated carbocycles. The van der Waals surface area contributed by atoms with Gasteiger partial charge in [0.15, 0.2) is 5.82 Å². The molecule has 1 N–H and O–H groups in total. The lowest BCUT2D eigenvalue weighted by Gasteiger charge is -2.26. The number of nitrogens with zero attached hydrogens (tertiary/aromatic N) is 3. The minimum absolute atomic E-state index is 0.0548. The van der Waals surface area contributed by atoms with Crippen LogP contribution in [0.5, 0.6) is 0 Å². The van der Waals surface area contributed by atoms with Crippen LogP contribution < -0.4 is 9.62 Å². The van der Waals surface area contributed by atoms with Crippen molar-refractivity contribution in [2.45, 2.75) is 77.0 Å². The number of hydrogen-bond donors (Lipinski definition) is 1. The van der Waals surface area contributed by atoms with E-state index < -0.39 is 44.1 Å². The molecular weight excluding hydrogens is 523 g/mol. The third-order valence-electron chi connectivity index (χ3n) is 5.26. The van der Waals surface area contributed by atoms with Gasteiger partial charge in [-0.25, -0.2) is 27.4 Å². The Morgan fingerprint density at radius 2 is 1.81 bits per heavy atom. The molecule has 1 aromatic carbocycles. The fraction of sp³-hybridized carbons (Fsp3) is 0.542. The lowest BCUT2D eigenvalue weighted by atomic mass is 10.1. The van der Waals surface area contributed by atoms with Crippen LogP contribution in [-0.2, 0) is 19.5 Å². The van der Waals surface area contributed by atoms with Crippen LogP contribution in [0.15, 0.2) is 27.9 Å². The zero-order valence-corrected chi connectivity index (χ0v) is 23.6. The summed E-state index contributed by atoms with van der Waals surface area (Å²) in [7, 11) is -4.70. The number of benzene rings is 1. The van der Waals surface area contributed by atoms with E-state index in [-0.39, 0.29) is 17.4 Å². The number of carbonyl (C=O) groups is 2. The molecule has 2 heterocycles. The van der Waals surface area contributed by atoms with Crippen molar-refractivity contribution in [2.75, 3.05) is 22.7 Å². The molecule has 0 radical (unpaired) electrons. The Morgan fingerprint density at radius 3 is 2.38 bits per heavy atom. The maximum absolute atomic E-state index is 15.5. The minimum Gasteiger partial charge on any atom is -0.444 e. The number of amides is 2. The largest absolute Gasteiger partial charge is 0.444 e. The van der Waals surface area contributed by atoms with E-state index in [9.17, 15) is 18.0 Å². The smallest absolute Gasteiger partial charge is 0.430 e. The average Bonchev–Trinajstić information content (AvgIpc) is 3.41. The number of anilines is 2. The molecule has 37 heavy (non-hydrogen) atoms. The maximum Gasteiger partial charge on any atom is 0.430 e. The number of rotatable bonds is 5. The Balaban J connectivity index is 1.85. The first-order chi connectivity index (χ1) is 17.0. The normalized spacial score (nSPS) is 16.4. The summed E-state index contributed by atoms with van der Waals surface area (Å²) in [5.41, 5.74) is 0.190. The molecule has 0 aliphatic carbocycles. The molecule has 1 aromatic heterocycles. The van der Waals surface area contributed by atoms with Crippen LogP contribution >= 0.6 is 11.3 Å². The molecule has 204 valence electrons. The number of nitrogens with one attached hydrogen (secondary N) is 1. The fourth-order valence-corrected chi connectivity index (χ4v) is 5.61. The Kier molecular flexibility index (Phi) is 8.08. The van der Waals surface area contributed by atoms with Crippen molar-refractivity contribution >= 4 is 45.1 Å². The van der Waals surface area contributed by atoms with Crippen molar-refractivity contribution in [3.8, 4) is 0 Å². The molecule has 2 amide bonds. The number of likely N-dealkylation sites (tertiary alicyclic amines) is 1. The molecule has 1 aliphatic rings. The van der Waals surface area contributed by atoms with E-state index in [1.165, 1.54) is 23.9 Å². The molecule has 0 spiro atoms. The lowest BCUT2D eigenvalue weighted by molar-refractivity contribution is 0.0293. The van der Waals surface area contributed by atoms with E-state index in [0.29, 0.717) is 29.5 Å². The van der Waals surface area contributed by atoms with Crippen LogP contribution in [0.1, 0.15) is 53.5 Å². The Bertz CT molecular complexity index is 1250. The second kappa shape index (κ2) is 10.4. The first-order valence-corrected chi connectivity index (χ1v) is 14.1. The van der Waals surface area contributed by atoms with E-state index in [0.717, 1.165) is 17.4 Å². The number of aromatic nitrogens is 1. The number of halogens is 1. The summed E-state index contributed by atoms with van der Waals surface area (Å²) in [4.78, 5) is 30.0. The van der Waals surface area contributed by atoms with Gasteiger partial charge in [-0.05, 0) is 67.0 Å². The summed E-state index contributed by atoms with van der Waals surface area (Å²) in [5.74, 6) is -1.19. The number of carbonyl (C=O) groups excluding carboxylic acids is 2. The number of hydrogen-bond acceptors (Lipinski definition) is 9. The van der Waals surface area contributed by atoms with Gasteiger partial charge in [-0.2, -0.15) is 0 Å². The van der Waals surface area contributed by atoms with Crippen molar-refractivity contribution in [1.82, 2.24) is 9.88 Å². The quantitative estimate of drug-likeness (QED) is 0.538. The van der Waals surface area contributed by atoms with Crippen molar-refractivity contribution in [3.05, 3.63) is 34.4 Å². The highest BCUT2D eigenvalue weighted by Gasteiger charge is 2.38. The molecule has 2 aromatic rings. The van der Waals surface area contributed by atoms with Gasteiger partial charge in [0.1, 0.15) is 21.9 Å². The number of sulfonamides is 1. The summed E-state index contributed by atoms with van der Waals surface area (Å²) in [6.07, 6.45) is -1.01. The predicted molar refractivity (Wildman–Crippen MR) is 139 cm³/mol. The van der Waals surface area contributed by atoms with Crippen LogP contribution in [0.2, 0.25) is 0 Å². The van der Waals surface area contributed by atoms with Gasteiger partial charge in [0, 0.05) is 35.8 Å². The van der Waals surface area contributed by atoms with Crippen LogP contribution in [0, 0.1) is 12.7 Å². The zero-order chi connectivity index (χ0) is 27.8. The maximum atomic E-state index is 15.5. The molecular formula is C24H33FN4O6S2. The summed E-state index contributed by atoms with van der Waals surface area (Å²) in [6, 6.07) is 2.36. The molecule has 1 atom stereocenters. The first kappa shape index (κ1) is 28.6. The molecule has 10 nitrogen and oxygen atoms in total. The van der Waals surface area contributed by atoms with Gasteiger partial charge in [0.05, 0.1) is 5.51 Å². The zero-order valence-electron chi connectivity index (χ0n) is 22.0. The SMILES string of the molecule is Cc1c(NC2CCN(C(=O)OC(C)(C)C)C2)ccc(S(=O)(=O)N(C(=O)OC(C)(C)C)c2cscn2)c1F. The van der Waals surface area contributed by atoms with E-state index in [1.54, 1.807) is 46.4 Å². The van der Waals surface area contributed by atoms with Gasteiger partial charge < -0.3 is 19.7 Å². The Morgan fingerprint density at radius 1 is 1.16 bits per heavy atom. The molecule has 13 heteroatoms. The first-order valence-electron chi connectivity index (χ1n) is 11.7. The standard InChI is InChI=1S/C24H33FN4O6S2/c1-15-17(27-16-10-11-28(12-16)21(30)34-23(2,3)4)8-9-18(20(15)25)37(32,33)29(19-13-36-14-26-19)22(31)35-24(5,6)7/h8-9,13-14,16,27H,10-12H2,1-7H3. The van der Waals surface area contributed by atoms with E-state index in [2.05, 4.69) is 10.3 Å². The highest BCUT2D eigenvalue weighted by Crippen LogP contribution is 2.32. The summed E-state index contributed by atoms with van der Waals surface area (Å²) >= 11 is 1.08. The Hall–Kier alpha value is -2.93. The van der Waals surface area contributed by atoms with Crippen molar-refractivity contribution in [2.24, 2.45) is 0 Å². The lowest BCUT2D eigenvalue weighted by Crippen LogP contribution is -2.41. The van der Waals surface area contributed by atoms with Gasteiger partial charge in [-0.15, -0.1) is 15.6 Å². The highest BCUT2D eigenvalue weighted by atomic mass is 32.2. The summed E-state index contributed by atoms with van der Waals surface area (Å²) < 4.78 is 53.5. The van der Waals surface area contributed by atoms with Gasteiger partial charge in [0.2, 0.25) is 0 Å². The monoisotopic (exact) mass is 556 g/mol. The van der Waals surface area contributed by atoms with Gasteiger partial charge >= 0.3 is 12.2 Å².